The second kappa shape index (κ2) is 7.95. The molecular formula is C22H24N5O2+. The molecule has 1 fully saturated rings. The van der Waals surface area contributed by atoms with E-state index >= 15 is 0 Å². The summed E-state index contributed by atoms with van der Waals surface area (Å²) in [7, 11) is 3.59. The Bertz CT molecular complexity index is 964. The van der Waals surface area contributed by atoms with E-state index in [9.17, 15) is 15.8 Å². The van der Waals surface area contributed by atoms with E-state index in [4.69, 9.17) is 14.9 Å². The lowest BCUT2D eigenvalue weighted by Gasteiger charge is -2.46. The third-order valence-electron chi connectivity index (χ3n) is 5.93. The first-order valence-corrected chi connectivity index (χ1v) is 9.60. The van der Waals surface area contributed by atoms with E-state index in [1.54, 1.807) is 19.2 Å². The third kappa shape index (κ3) is 3.12. The van der Waals surface area contributed by atoms with Crippen LogP contribution in [0.1, 0.15) is 18.4 Å². The van der Waals surface area contributed by atoms with Gasteiger partial charge in [-0.1, -0.05) is 6.07 Å². The van der Waals surface area contributed by atoms with E-state index < -0.39 is 17.3 Å². The normalized spacial score (nSPS) is 27.4. The Balaban J connectivity index is 2.24. The molecule has 1 saturated carbocycles. The smallest absolute Gasteiger partial charge is 0.189 e. The van der Waals surface area contributed by atoms with Gasteiger partial charge in [-0.3, -0.25) is 0 Å². The van der Waals surface area contributed by atoms with Gasteiger partial charge in [0.2, 0.25) is 0 Å². The highest BCUT2D eigenvalue weighted by Crippen LogP contribution is 2.53. The van der Waals surface area contributed by atoms with Crippen LogP contribution in [-0.2, 0) is 0 Å². The van der Waals surface area contributed by atoms with Crippen LogP contribution in [0.4, 0.5) is 0 Å². The van der Waals surface area contributed by atoms with Crippen molar-refractivity contribution >= 4 is 5.71 Å². The first-order valence-electron chi connectivity index (χ1n) is 9.60. The van der Waals surface area contributed by atoms with Crippen molar-refractivity contribution < 1.29 is 14.4 Å². The fourth-order valence-corrected chi connectivity index (χ4v) is 4.58. The molecular weight excluding hydrogens is 366 g/mol. The molecule has 0 saturated heterocycles. The van der Waals surface area contributed by atoms with Crippen molar-refractivity contribution in [1.82, 2.24) is 0 Å². The second-order valence-electron chi connectivity index (χ2n) is 7.50. The highest BCUT2D eigenvalue weighted by atomic mass is 16.5. The maximum absolute atomic E-state index is 10.1. The van der Waals surface area contributed by atoms with Crippen LogP contribution in [0.25, 0.3) is 0 Å². The Morgan fingerprint density at radius 3 is 2.55 bits per heavy atom. The average Bonchev–Trinajstić information content (AvgIpc) is 2.74. The Morgan fingerprint density at radius 1 is 1.24 bits per heavy atom. The minimum atomic E-state index is -1.71. The van der Waals surface area contributed by atoms with Gasteiger partial charge in [-0.05, 0) is 36.3 Å². The summed E-state index contributed by atoms with van der Waals surface area (Å²) in [6.45, 7) is 3.80. The summed E-state index contributed by atoms with van der Waals surface area (Å²) in [5.74, 6) is -0.496. The van der Waals surface area contributed by atoms with Crippen molar-refractivity contribution in [1.29, 1.82) is 21.2 Å². The van der Waals surface area contributed by atoms with Crippen molar-refractivity contribution in [3.8, 4) is 29.7 Å². The zero-order valence-electron chi connectivity index (χ0n) is 16.8. The number of fused-ring (bicyclic) bond motifs is 1. The molecule has 29 heavy (non-hydrogen) atoms. The largest absolute Gasteiger partial charge is 0.493 e. The summed E-state index contributed by atoms with van der Waals surface area (Å²) < 4.78 is 11.1. The molecule has 7 nitrogen and oxygen atoms in total. The van der Waals surface area contributed by atoms with Gasteiger partial charge in [-0.25, -0.2) is 0 Å². The van der Waals surface area contributed by atoms with Crippen molar-refractivity contribution in [2.75, 3.05) is 33.9 Å². The molecule has 0 radical (unpaired) electrons. The predicted molar refractivity (Wildman–Crippen MR) is 106 cm³/mol. The maximum Gasteiger partial charge on any atom is 0.189 e. The molecule has 0 aromatic heterocycles. The van der Waals surface area contributed by atoms with Crippen LogP contribution in [0.2, 0.25) is 0 Å². The number of likely N-dealkylation sites (N-methyl/N-ethyl adjacent to an activating group) is 1. The minimum absolute atomic E-state index is 0.134. The number of nitrogens with one attached hydrogen (secondary N) is 2. The topological polar surface area (TPSA) is 118 Å². The van der Waals surface area contributed by atoms with Crippen molar-refractivity contribution in [2.45, 2.75) is 12.8 Å². The minimum Gasteiger partial charge on any atom is -0.493 e. The standard InChI is InChI=1S/C22H23N5O2/c1-4-29-18-6-5-14(9-19(18)28-3)20-17-11-27(2)8-7-15(17)16(10-23)21(26)22(20,12-24)13-25/h5-7,9,16-17,20,26H,4,8,11H2,1-3H3/p+1/t16-,17-,20-/m1/s1. The molecule has 7 heteroatoms. The van der Waals surface area contributed by atoms with Crippen molar-refractivity contribution in [2.24, 2.45) is 17.3 Å². The lowest BCUT2D eigenvalue weighted by Crippen LogP contribution is -3.10. The molecule has 2 N–H and O–H groups in total. The first kappa shape index (κ1) is 20.4. The molecule has 1 aliphatic carbocycles. The molecule has 148 valence electrons. The molecule has 3 rings (SSSR count). The molecule has 1 aliphatic heterocycles. The monoisotopic (exact) mass is 390 g/mol. The fourth-order valence-electron chi connectivity index (χ4n) is 4.58. The molecule has 0 bridgehead atoms. The maximum atomic E-state index is 10.1. The van der Waals surface area contributed by atoms with E-state index in [-0.39, 0.29) is 11.6 Å². The van der Waals surface area contributed by atoms with Crippen molar-refractivity contribution in [3.05, 3.63) is 35.4 Å². The number of hydrogen-bond donors (Lipinski definition) is 2. The molecule has 0 amide bonds. The van der Waals surface area contributed by atoms with Gasteiger partial charge < -0.3 is 19.8 Å². The van der Waals surface area contributed by atoms with Gasteiger partial charge in [-0.15, -0.1) is 0 Å². The van der Waals surface area contributed by atoms with E-state index in [0.717, 1.165) is 17.7 Å². The fraction of sp³-hybridized carbons (Fsp3) is 0.455. The molecule has 1 aromatic rings. The Morgan fingerprint density at radius 2 is 1.97 bits per heavy atom. The van der Waals surface area contributed by atoms with E-state index in [0.29, 0.717) is 24.7 Å². The van der Waals surface area contributed by atoms with Crippen LogP contribution in [0.5, 0.6) is 11.5 Å². The van der Waals surface area contributed by atoms with Crippen LogP contribution in [-0.4, -0.2) is 39.6 Å². The average molecular weight is 390 g/mol. The summed E-state index contributed by atoms with van der Waals surface area (Å²) in [6, 6.07) is 11.8. The van der Waals surface area contributed by atoms with Crippen molar-refractivity contribution in [3.63, 3.8) is 0 Å². The first-order chi connectivity index (χ1) is 14.0. The summed E-state index contributed by atoms with van der Waals surface area (Å²) in [5, 5.41) is 38.5. The Hall–Kier alpha value is -3.34. The Labute approximate surface area is 170 Å². The third-order valence-corrected chi connectivity index (χ3v) is 5.93. The van der Waals surface area contributed by atoms with Gasteiger partial charge in [-0.2, -0.15) is 15.8 Å². The SMILES string of the molecule is CCOc1ccc([C@@H]2[C@@H]3C[NH+](C)CC=C3[C@@H](C#N)C(=N)C2(C#N)C#N)cc1OC. The molecule has 0 spiro atoms. The highest BCUT2D eigenvalue weighted by molar-refractivity contribution is 6.00. The number of ether oxygens (including phenoxy) is 2. The predicted octanol–water partition coefficient (Wildman–Crippen LogP) is 1.46. The van der Waals surface area contributed by atoms with E-state index in [2.05, 4.69) is 18.2 Å². The number of quaternary nitrogens is 1. The Kier molecular flexibility index (Phi) is 5.59. The molecule has 2 aliphatic rings. The van der Waals surface area contributed by atoms with Gasteiger partial charge in [0, 0.05) is 11.8 Å². The van der Waals surface area contributed by atoms with Crippen LogP contribution < -0.4 is 14.4 Å². The lowest BCUT2D eigenvalue weighted by atomic mass is 9.54. The summed E-state index contributed by atoms with van der Waals surface area (Å²) in [6.07, 6.45) is 2.00. The number of methoxy groups -OCH3 is 1. The molecule has 1 heterocycles. The number of hydrogen-bond acceptors (Lipinski definition) is 6. The summed E-state index contributed by atoms with van der Waals surface area (Å²) >= 11 is 0. The van der Waals surface area contributed by atoms with Gasteiger partial charge in [0.15, 0.2) is 16.9 Å². The van der Waals surface area contributed by atoms with Crippen LogP contribution in [0.3, 0.4) is 0 Å². The zero-order valence-corrected chi connectivity index (χ0v) is 16.8. The van der Waals surface area contributed by atoms with Crippen LogP contribution in [0.15, 0.2) is 29.8 Å². The summed E-state index contributed by atoms with van der Waals surface area (Å²) in [4.78, 5) is 1.23. The van der Waals surface area contributed by atoms with Gasteiger partial charge in [0.05, 0.1) is 57.8 Å². The van der Waals surface area contributed by atoms with E-state index in [1.807, 2.05) is 26.1 Å². The number of nitriles is 3. The lowest BCUT2D eigenvalue weighted by molar-refractivity contribution is -0.878. The molecule has 4 atom stereocenters. The van der Waals surface area contributed by atoms with Gasteiger partial charge >= 0.3 is 0 Å². The second-order valence-corrected chi connectivity index (χ2v) is 7.50. The number of benzene rings is 1. The van der Waals surface area contributed by atoms with Gasteiger partial charge in [0.25, 0.3) is 0 Å². The highest BCUT2D eigenvalue weighted by Gasteiger charge is 2.58. The van der Waals surface area contributed by atoms with Crippen LogP contribution in [0, 0.1) is 56.7 Å². The molecule has 1 unspecified atom stereocenters. The number of nitrogens with zero attached hydrogens (tertiary/aromatic N) is 3. The zero-order chi connectivity index (χ0) is 21.2. The quantitative estimate of drug-likeness (QED) is 0.755. The number of rotatable bonds is 4. The molecule has 1 aromatic carbocycles. The summed E-state index contributed by atoms with van der Waals surface area (Å²) in [5.41, 5.74) is -0.259. The van der Waals surface area contributed by atoms with Gasteiger partial charge in [0.1, 0.15) is 5.92 Å². The van der Waals surface area contributed by atoms with E-state index in [1.165, 1.54) is 4.90 Å². The van der Waals surface area contributed by atoms with Crippen LogP contribution >= 0.6 is 0 Å².